The topological polar surface area (TPSA) is 38.0 Å². The fourth-order valence-corrected chi connectivity index (χ4v) is 3.72. The Hall–Kier alpha value is -0.380. The van der Waals surface area contributed by atoms with Crippen LogP contribution in [0.25, 0.3) is 0 Å². The Morgan fingerprint density at radius 3 is 2.50 bits per heavy atom. The van der Waals surface area contributed by atoms with Crippen LogP contribution in [0.4, 0.5) is 0 Å². The molecule has 0 spiro atoms. The van der Waals surface area contributed by atoms with Gasteiger partial charge in [0.2, 0.25) is 0 Å². The zero-order chi connectivity index (χ0) is 11.5. The van der Waals surface area contributed by atoms with Crippen molar-refractivity contribution < 1.29 is 0 Å². The molecule has 1 atom stereocenters. The highest BCUT2D eigenvalue weighted by Crippen LogP contribution is 2.38. The summed E-state index contributed by atoms with van der Waals surface area (Å²) in [5.41, 5.74) is 3.03. The van der Waals surface area contributed by atoms with E-state index < -0.39 is 0 Å². The zero-order valence-electron chi connectivity index (χ0n) is 10.2. The van der Waals surface area contributed by atoms with Gasteiger partial charge >= 0.3 is 0 Å². The predicted octanol–water partition coefficient (Wildman–Crippen LogP) is 3.39. The lowest BCUT2D eigenvalue weighted by Gasteiger charge is -2.31. The van der Waals surface area contributed by atoms with Crippen LogP contribution in [0.3, 0.4) is 0 Å². The summed E-state index contributed by atoms with van der Waals surface area (Å²) in [5.74, 6) is 7.36. The van der Waals surface area contributed by atoms with Crippen molar-refractivity contribution in [2.75, 3.05) is 0 Å². The average Bonchev–Trinajstić information content (AvgIpc) is 2.69. The molecule has 16 heavy (non-hydrogen) atoms. The van der Waals surface area contributed by atoms with Crippen LogP contribution < -0.4 is 11.3 Å². The first-order chi connectivity index (χ1) is 7.70. The Morgan fingerprint density at radius 1 is 1.31 bits per heavy atom. The Labute approximate surface area is 102 Å². The molecule has 1 heterocycles. The van der Waals surface area contributed by atoms with Gasteiger partial charge in [0.25, 0.3) is 0 Å². The van der Waals surface area contributed by atoms with Crippen LogP contribution in [0.15, 0.2) is 12.1 Å². The lowest BCUT2D eigenvalue weighted by atomic mass is 9.79. The molecule has 1 aromatic heterocycles. The maximum atomic E-state index is 5.74. The molecule has 0 aromatic carbocycles. The summed E-state index contributed by atoms with van der Waals surface area (Å²) in [4.78, 5) is 2.78. The number of thiophene rings is 1. The standard InChI is InChI=1S/C13H22N2S/c1-9-3-6-11(7-4-9)13(15-14)12-8-5-10(2)16-12/h5,8-9,11,13,15H,3-4,6-7,14H2,1-2H3. The first kappa shape index (κ1) is 12.1. The predicted molar refractivity (Wildman–Crippen MR) is 70.2 cm³/mol. The third-order valence-electron chi connectivity index (χ3n) is 3.78. The Bertz CT molecular complexity index is 326. The van der Waals surface area contributed by atoms with Crippen molar-refractivity contribution in [3.8, 4) is 0 Å². The van der Waals surface area contributed by atoms with Gasteiger partial charge in [0.05, 0.1) is 6.04 Å². The average molecular weight is 238 g/mol. The van der Waals surface area contributed by atoms with Crippen LogP contribution >= 0.6 is 11.3 Å². The minimum atomic E-state index is 0.367. The van der Waals surface area contributed by atoms with Gasteiger partial charge in [-0.05, 0) is 43.7 Å². The van der Waals surface area contributed by atoms with Crippen LogP contribution in [-0.2, 0) is 0 Å². The maximum Gasteiger partial charge on any atom is 0.0581 e. The van der Waals surface area contributed by atoms with Crippen molar-refractivity contribution >= 4 is 11.3 Å². The summed E-state index contributed by atoms with van der Waals surface area (Å²) >= 11 is 1.87. The molecule has 1 unspecified atom stereocenters. The van der Waals surface area contributed by atoms with Crippen LogP contribution in [0, 0.1) is 18.8 Å². The van der Waals surface area contributed by atoms with Gasteiger partial charge in [-0.3, -0.25) is 11.3 Å². The number of hydrogen-bond donors (Lipinski definition) is 2. The van der Waals surface area contributed by atoms with Crippen LogP contribution in [0.2, 0.25) is 0 Å². The van der Waals surface area contributed by atoms with Crippen LogP contribution in [0.5, 0.6) is 0 Å². The zero-order valence-corrected chi connectivity index (χ0v) is 11.0. The second-order valence-corrected chi connectivity index (χ2v) is 6.43. The van der Waals surface area contributed by atoms with E-state index in [2.05, 4.69) is 31.4 Å². The number of aryl methyl sites for hydroxylation is 1. The molecule has 3 heteroatoms. The molecular weight excluding hydrogens is 216 g/mol. The normalized spacial score (nSPS) is 27.9. The number of rotatable bonds is 3. The van der Waals surface area contributed by atoms with E-state index in [0.717, 1.165) is 11.8 Å². The van der Waals surface area contributed by atoms with E-state index in [1.165, 1.54) is 35.4 Å². The monoisotopic (exact) mass is 238 g/mol. The van der Waals surface area contributed by atoms with Crippen molar-refractivity contribution in [3.05, 3.63) is 21.9 Å². The Balaban J connectivity index is 2.05. The summed E-state index contributed by atoms with van der Waals surface area (Å²) in [6.07, 6.45) is 5.33. The van der Waals surface area contributed by atoms with E-state index in [0.29, 0.717) is 6.04 Å². The van der Waals surface area contributed by atoms with Gasteiger partial charge < -0.3 is 0 Å². The third kappa shape index (κ3) is 2.65. The van der Waals surface area contributed by atoms with Crippen molar-refractivity contribution in [3.63, 3.8) is 0 Å². The highest BCUT2D eigenvalue weighted by molar-refractivity contribution is 7.12. The second kappa shape index (κ2) is 5.30. The fourth-order valence-electron chi connectivity index (χ4n) is 2.69. The minimum absolute atomic E-state index is 0.367. The van der Waals surface area contributed by atoms with Crippen molar-refractivity contribution in [2.24, 2.45) is 17.7 Å². The van der Waals surface area contributed by atoms with Gasteiger partial charge in [-0.25, -0.2) is 0 Å². The Morgan fingerprint density at radius 2 is 2.00 bits per heavy atom. The third-order valence-corrected chi connectivity index (χ3v) is 4.86. The number of nitrogens with one attached hydrogen (secondary N) is 1. The molecule has 0 saturated heterocycles. The van der Waals surface area contributed by atoms with E-state index in [1.807, 2.05) is 11.3 Å². The van der Waals surface area contributed by atoms with Gasteiger partial charge in [0.15, 0.2) is 0 Å². The molecular formula is C13H22N2S. The molecule has 0 radical (unpaired) electrons. The second-order valence-electron chi connectivity index (χ2n) is 5.11. The molecule has 0 bridgehead atoms. The van der Waals surface area contributed by atoms with Gasteiger partial charge in [-0.15, -0.1) is 11.3 Å². The van der Waals surface area contributed by atoms with E-state index in [4.69, 9.17) is 5.84 Å². The molecule has 90 valence electrons. The number of hydrazine groups is 1. The lowest BCUT2D eigenvalue weighted by Crippen LogP contribution is -2.34. The fraction of sp³-hybridized carbons (Fsp3) is 0.692. The first-order valence-electron chi connectivity index (χ1n) is 6.23. The maximum absolute atomic E-state index is 5.74. The highest BCUT2D eigenvalue weighted by atomic mass is 32.1. The summed E-state index contributed by atoms with van der Waals surface area (Å²) in [7, 11) is 0. The largest absolute Gasteiger partial charge is 0.271 e. The summed E-state index contributed by atoms with van der Waals surface area (Å²) in [6, 6.07) is 4.78. The van der Waals surface area contributed by atoms with E-state index in [-0.39, 0.29) is 0 Å². The van der Waals surface area contributed by atoms with E-state index in [1.54, 1.807) is 0 Å². The summed E-state index contributed by atoms with van der Waals surface area (Å²) in [5, 5.41) is 0. The molecule has 2 rings (SSSR count). The molecule has 1 saturated carbocycles. The quantitative estimate of drug-likeness (QED) is 0.626. The van der Waals surface area contributed by atoms with Gasteiger partial charge in [0.1, 0.15) is 0 Å². The molecule has 3 N–H and O–H groups in total. The minimum Gasteiger partial charge on any atom is -0.271 e. The summed E-state index contributed by atoms with van der Waals surface area (Å²) in [6.45, 7) is 4.51. The van der Waals surface area contributed by atoms with Crippen LogP contribution in [-0.4, -0.2) is 0 Å². The smallest absolute Gasteiger partial charge is 0.0581 e. The molecule has 0 amide bonds. The molecule has 1 aliphatic rings. The SMILES string of the molecule is Cc1ccc(C(NN)C2CCC(C)CC2)s1. The van der Waals surface area contributed by atoms with Gasteiger partial charge in [-0.2, -0.15) is 0 Å². The first-order valence-corrected chi connectivity index (χ1v) is 7.05. The van der Waals surface area contributed by atoms with E-state index >= 15 is 0 Å². The van der Waals surface area contributed by atoms with Crippen LogP contribution in [0.1, 0.15) is 48.4 Å². The molecule has 1 aromatic rings. The molecule has 0 aliphatic heterocycles. The molecule has 2 nitrogen and oxygen atoms in total. The molecule has 1 aliphatic carbocycles. The van der Waals surface area contributed by atoms with Crippen molar-refractivity contribution in [2.45, 2.75) is 45.6 Å². The van der Waals surface area contributed by atoms with Gasteiger partial charge in [-0.1, -0.05) is 19.8 Å². The van der Waals surface area contributed by atoms with Gasteiger partial charge in [0, 0.05) is 9.75 Å². The summed E-state index contributed by atoms with van der Waals surface area (Å²) < 4.78 is 0. The molecule has 1 fully saturated rings. The Kier molecular flexibility index (Phi) is 4.00. The highest BCUT2D eigenvalue weighted by Gasteiger charge is 2.27. The number of hydrogen-bond acceptors (Lipinski definition) is 3. The van der Waals surface area contributed by atoms with E-state index in [9.17, 15) is 0 Å². The number of nitrogens with two attached hydrogens (primary N) is 1. The van der Waals surface area contributed by atoms with Crippen molar-refractivity contribution in [1.29, 1.82) is 0 Å². The van der Waals surface area contributed by atoms with Crippen molar-refractivity contribution in [1.82, 2.24) is 5.43 Å². The lowest BCUT2D eigenvalue weighted by molar-refractivity contribution is 0.234.